The summed E-state index contributed by atoms with van der Waals surface area (Å²) in [6, 6.07) is 17.8. The summed E-state index contributed by atoms with van der Waals surface area (Å²) >= 11 is 0. The summed E-state index contributed by atoms with van der Waals surface area (Å²) in [4.78, 5) is 13.9. The molecular formula is C23H20N4O2. The van der Waals surface area contributed by atoms with Gasteiger partial charge in [-0.3, -0.25) is 4.98 Å². The van der Waals surface area contributed by atoms with Gasteiger partial charge in [0.2, 0.25) is 0 Å². The van der Waals surface area contributed by atoms with Crippen LogP contribution in [0.15, 0.2) is 67.0 Å². The molecule has 1 aliphatic heterocycles. The molecule has 1 aliphatic rings. The number of hydrogen-bond donors (Lipinski definition) is 1. The maximum Gasteiger partial charge on any atom is 0.142 e. The first kappa shape index (κ1) is 17.4. The van der Waals surface area contributed by atoms with Crippen molar-refractivity contribution >= 4 is 22.4 Å². The molecule has 0 amide bonds. The molecule has 2 aromatic heterocycles. The molecule has 3 heterocycles. The summed E-state index contributed by atoms with van der Waals surface area (Å²) in [5, 5.41) is 4.36. The van der Waals surface area contributed by atoms with E-state index in [4.69, 9.17) is 19.4 Å². The van der Waals surface area contributed by atoms with Crippen molar-refractivity contribution in [1.82, 2.24) is 15.0 Å². The minimum atomic E-state index is 0.0636. The Morgan fingerprint density at radius 2 is 2.00 bits per heavy atom. The van der Waals surface area contributed by atoms with E-state index in [1.807, 2.05) is 54.6 Å². The highest BCUT2D eigenvalue weighted by Crippen LogP contribution is 2.35. The van der Waals surface area contributed by atoms with Crippen LogP contribution in [0.3, 0.4) is 0 Å². The Kier molecular flexibility index (Phi) is 4.44. The lowest BCUT2D eigenvalue weighted by atomic mass is 9.95. The predicted molar refractivity (Wildman–Crippen MR) is 112 cm³/mol. The quantitative estimate of drug-likeness (QED) is 0.559. The Bertz CT molecular complexity index is 1160. The van der Waals surface area contributed by atoms with Gasteiger partial charge in [0.15, 0.2) is 0 Å². The van der Waals surface area contributed by atoms with Crippen LogP contribution in [0.2, 0.25) is 0 Å². The van der Waals surface area contributed by atoms with Crippen molar-refractivity contribution < 1.29 is 9.47 Å². The number of rotatable bonds is 4. The van der Waals surface area contributed by atoms with Gasteiger partial charge in [0.05, 0.1) is 37.0 Å². The zero-order chi connectivity index (χ0) is 19.6. The van der Waals surface area contributed by atoms with Gasteiger partial charge in [-0.25, -0.2) is 9.97 Å². The zero-order valence-electron chi connectivity index (χ0n) is 16.0. The topological polar surface area (TPSA) is 69.2 Å². The lowest BCUT2D eigenvalue weighted by Crippen LogP contribution is -2.21. The van der Waals surface area contributed by atoms with Crippen molar-refractivity contribution in [1.29, 1.82) is 0 Å². The second-order valence-electron chi connectivity index (χ2n) is 7.00. The summed E-state index contributed by atoms with van der Waals surface area (Å²) in [6.45, 7) is 0.546. The van der Waals surface area contributed by atoms with Gasteiger partial charge in [0.1, 0.15) is 23.1 Å². The van der Waals surface area contributed by atoms with Crippen LogP contribution < -0.4 is 14.8 Å². The molecule has 0 bridgehead atoms. The van der Waals surface area contributed by atoms with E-state index in [1.165, 1.54) is 0 Å². The van der Waals surface area contributed by atoms with Gasteiger partial charge in [0.25, 0.3) is 0 Å². The van der Waals surface area contributed by atoms with Gasteiger partial charge in [0, 0.05) is 11.6 Å². The third-order valence-electron chi connectivity index (χ3n) is 5.08. The lowest BCUT2D eigenvalue weighted by Gasteiger charge is -2.25. The fourth-order valence-electron chi connectivity index (χ4n) is 3.61. The highest BCUT2D eigenvalue weighted by Gasteiger charge is 2.25. The minimum absolute atomic E-state index is 0.0636. The Labute approximate surface area is 168 Å². The molecule has 0 radical (unpaired) electrons. The van der Waals surface area contributed by atoms with Crippen molar-refractivity contribution in [2.45, 2.75) is 12.3 Å². The van der Waals surface area contributed by atoms with E-state index in [1.54, 1.807) is 19.5 Å². The van der Waals surface area contributed by atoms with E-state index >= 15 is 0 Å². The summed E-state index contributed by atoms with van der Waals surface area (Å²) in [5.41, 5.74) is 2.90. The van der Waals surface area contributed by atoms with E-state index in [2.05, 4.69) is 10.3 Å². The predicted octanol–water partition coefficient (Wildman–Crippen LogP) is 4.50. The average molecular weight is 384 g/mol. The zero-order valence-corrected chi connectivity index (χ0v) is 16.0. The van der Waals surface area contributed by atoms with Gasteiger partial charge >= 0.3 is 0 Å². The molecule has 1 unspecified atom stereocenters. The SMILES string of the molecule is COc1ccc2c(c1)CC(c1nc(Nc3cccnc3)c3ccccc3n1)CO2. The minimum Gasteiger partial charge on any atom is -0.497 e. The van der Waals surface area contributed by atoms with Gasteiger partial charge < -0.3 is 14.8 Å². The van der Waals surface area contributed by atoms with Crippen LogP contribution in [0, 0.1) is 0 Å². The van der Waals surface area contributed by atoms with Crippen molar-refractivity contribution in [3.63, 3.8) is 0 Å². The standard InChI is InChI=1S/C23H20N4O2/c1-28-18-8-9-21-15(12-18)11-16(14-29-21)22-26-20-7-3-2-6-19(20)23(27-22)25-17-5-4-10-24-13-17/h2-10,12-13,16H,11,14H2,1H3,(H,25,26,27). The smallest absolute Gasteiger partial charge is 0.142 e. The first-order valence-corrected chi connectivity index (χ1v) is 9.53. The van der Waals surface area contributed by atoms with E-state index in [0.717, 1.165) is 51.7 Å². The number of aromatic nitrogens is 3. The van der Waals surface area contributed by atoms with Crippen molar-refractivity contribution in [2.75, 3.05) is 19.0 Å². The molecule has 5 rings (SSSR count). The highest BCUT2D eigenvalue weighted by atomic mass is 16.5. The maximum atomic E-state index is 5.99. The normalized spacial score (nSPS) is 15.4. The van der Waals surface area contributed by atoms with Crippen LogP contribution in [-0.4, -0.2) is 28.7 Å². The molecule has 29 heavy (non-hydrogen) atoms. The first-order valence-electron chi connectivity index (χ1n) is 9.53. The molecule has 144 valence electrons. The van der Waals surface area contributed by atoms with Gasteiger partial charge in [-0.2, -0.15) is 0 Å². The summed E-state index contributed by atoms with van der Waals surface area (Å²) in [6.07, 6.45) is 4.33. The van der Waals surface area contributed by atoms with Crippen LogP contribution in [-0.2, 0) is 6.42 Å². The van der Waals surface area contributed by atoms with Crippen LogP contribution in [0.4, 0.5) is 11.5 Å². The molecule has 1 atom stereocenters. The summed E-state index contributed by atoms with van der Waals surface area (Å²) < 4.78 is 11.4. The van der Waals surface area contributed by atoms with E-state index < -0.39 is 0 Å². The number of anilines is 2. The number of fused-ring (bicyclic) bond motifs is 2. The van der Waals surface area contributed by atoms with E-state index in [9.17, 15) is 0 Å². The van der Waals surface area contributed by atoms with Gasteiger partial charge in [-0.15, -0.1) is 0 Å². The fraction of sp³-hybridized carbons (Fsp3) is 0.174. The van der Waals surface area contributed by atoms with Crippen LogP contribution >= 0.6 is 0 Å². The number of nitrogens with zero attached hydrogens (tertiary/aromatic N) is 3. The number of nitrogens with one attached hydrogen (secondary N) is 1. The second-order valence-corrected chi connectivity index (χ2v) is 7.00. The average Bonchev–Trinajstić information content (AvgIpc) is 2.79. The Balaban J connectivity index is 1.53. The summed E-state index contributed by atoms with van der Waals surface area (Å²) in [5.74, 6) is 3.33. The number of para-hydroxylation sites is 1. The van der Waals surface area contributed by atoms with Gasteiger partial charge in [-0.1, -0.05) is 12.1 Å². The molecule has 6 heteroatoms. The number of hydrogen-bond acceptors (Lipinski definition) is 6. The Morgan fingerprint density at radius 1 is 1.07 bits per heavy atom. The molecule has 0 aliphatic carbocycles. The third-order valence-corrected chi connectivity index (χ3v) is 5.08. The molecule has 0 saturated heterocycles. The van der Waals surface area contributed by atoms with Crippen molar-refractivity contribution in [3.8, 4) is 11.5 Å². The number of benzene rings is 2. The van der Waals surface area contributed by atoms with Crippen molar-refractivity contribution in [2.24, 2.45) is 0 Å². The second kappa shape index (κ2) is 7.39. The number of ether oxygens (including phenoxy) is 2. The third kappa shape index (κ3) is 3.45. The first-order chi connectivity index (χ1) is 14.3. The fourth-order valence-corrected chi connectivity index (χ4v) is 3.61. The Morgan fingerprint density at radius 3 is 2.86 bits per heavy atom. The highest BCUT2D eigenvalue weighted by molar-refractivity contribution is 5.90. The van der Waals surface area contributed by atoms with E-state index in [0.29, 0.717) is 6.61 Å². The maximum absolute atomic E-state index is 5.99. The number of pyridine rings is 1. The molecule has 6 nitrogen and oxygen atoms in total. The molecule has 2 aromatic carbocycles. The lowest BCUT2D eigenvalue weighted by molar-refractivity contribution is 0.257. The molecule has 0 fully saturated rings. The van der Waals surface area contributed by atoms with Crippen molar-refractivity contribution in [3.05, 3.63) is 78.4 Å². The molecule has 0 saturated carbocycles. The summed E-state index contributed by atoms with van der Waals surface area (Å²) in [7, 11) is 1.67. The Hall–Kier alpha value is -3.67. The van der Waals surface area contributed by atoms with Crippen LogP contribution in [0.25, 0.3) is 10.9 Å². The van der Waals surface area contributed by atoms with Crippen LogP contribution in [0.5, 0.6) is 11.5 Å². The van der Waals surface area contributed by atoms with E-state index in [-0.39, 0.29) is 5.92 Å². The largest absolute Gasteiger partial charge is 0.497 e. The number of methoxy groups -OCH3 is 1. The monoisotopic (exact) mass is 384 g/mol. The van der Waals surface area contributed by atoms with Crippen LogP contribution in [0.1, 0.15) is 17.3 Å². The molecule has 1 N–H and O–H groups in total. The van der Waals surface area contributed by atoms with Gasteiger partial charge in [-0.05, 0) is 54.4 Å². The molecule has 4 aromatic rings. The molecular weight excluding hydrogens is 364 g/mol. The molecule has 0 spiro atoms.